The number of nitrogens with one attached hydrogen (secondary N) is 2. The van der Waals surface area contributed by atoms with Crippen LogP contribution in [-0.4, -0.2) is 55.1 Å². The molecule has 1 atom stereocenters. The number of amides is 3. The van der Waals surface area contributed by atoms with Gasteiger partial charge in [0.15, 0.2) is 6.23 Å². The predicted molar refractivity (Wildman–Crippen MR) is 146 cm³/mol. The maximum absolute atomic E-state index is 12.6. The normalized spacial score (nSPS) is 14.2. The zero-order valence-corrected chi connectivity index (χ0v) is 22.7. The lowest BCUT2D eigenvalue weighted by Crippen LogP contribution is -2.45. The third-order valence-corrected chi connectivity index (χ3v) is 6.18. The van der Waals surface area contributed by atoms with Crippen molar-refractivity contribution >= 4 is 18.3 Å². The number of hydrogen-bond donors (Lipinski definition) is 2. The van der Waals surface area contributed by atoms with Crippen molar-refractivity contribution in [3.8, 4) is 17.2 Å². The van der Waals surface area contributed by atoms with Gasteiger partial charge in [0.2, 0.25) is 0 Å². The second-order valence-electron chi connectivity index (χ2n) is 9.28. The highest BCUT2D eigenvalue weighted by Gasteiger charge is 2.27. The minimum atomic E-state index is -0.785. The number of unbranched alkanes of at least 4 members (excludes halogenated alkanes) is 3. The molecule has 1 aliphatic heterocycles. The van der Waals surface area contributed by atoms with Gasteiger partial charge in [0, 0.05) is 38.9 Å². The summed E-state index contributed by atoms with van der Waals surface area (Å²) in [4.78, 5) is 38.5. The summed E-state index contributed by atoms with van der Waals surface area (Å²) in [5, 5.41) is 5.28. The van der Waals surface area contributed by atoms with Crippen molar-refractivity contribution in [3.63, 3.8) is 0 Å². The van der Waals surface area contributed by atoms with E-state index in [9.17, 15) is 14.4 Å². The highest BCUT2D eigenvalue weighted by atomic mass is 16.6. The number of carbonyl (C=O) groups excluding carboxylic acids is 3. The first-order chi connectivity index (χ1) is 19.0. The van der Waals surface area contributed by atoms with Crippen molar-refractivity contribution < 1.29 is 33.3 Å². The first-order valence-corrected chi connectivity index (χ1v) is 13.7. The van der Waals surface area contributed by atoms with E-state index in [0.717, 1.165) is 31.4 Å². The number of ether oxygens (including phenoxy) is 4. The Bertz CT molecular complexity index is 1020. The molecule has 1 saturated heterocycles. The van der Waals surface area contributed by atoms with Crippen LogP contribution in [0.2, 0.25) is 0 Å². The van der Waals surface area contributed by atoms with Crippen LogP contribution in [0.3, 0.4) is 0 Å². The molecule has 0 radical (unpaired) electrons. The summed E-state index contributed by atoms with van der Waals surface area (Å²) in [5.74, 6) is 1.77. The van der Waals surface area contributed by atoms with E-state index >= 15 is 0 Å². The largest absolute Gasteiger partial charge is 0.457 e. The zero-order chi connectivity index (χ0) is 27.9. The van der Waals surface area contributed by atoms with Crippen LogP contribution in [0.15, 0.2) is 54.6 Å². The average molecular weight is 542 g/mol. The summed E-state index contributed by atoms with van der Waals surface area (Å²) in [6.45, 7) is 5.24. The lowest BCUT2D eigenvalue weighted by Gasteiger charge is -2.31. The number of para-hydroxylation sites is 1. The number of piperidine rings is 1. The summed E-state index contributed by atoms with van der Waals surface area (Å²) in [6.07, 6.45) is 2.71. The molecule has 0 saturated carbocycles. The first-order valence-electron chi connectivity index (χ1n) is 13.7. The van der Waals surface area contributed by atoms with Gasteiger partial charge in [0.05, 0.1) is 0 Å². The molecule has 3 rings (SSSR count). The molecule has 0 bridgehead atoms. The number of hydrogen-bond acceptors (Lipinski definition) is 7. The monoisotopic (exact) mass is 541 g/mol. The molecule has 1 fully saturated rings. The molecule has 0 aliphatic carbocycles. The van der Waals surface area contributed by atoms with Crippen LogP contribution >= 0.6 is 0 Å². The number of alkyl carbamates (subject to hydrolysis) is 2. The van der Waals surface area contributed by atoms with Gasteiger partial charge in [-0.05, 0) is 42.8 Å². The predicted octanol–water partition coefficient (Wildman–Crippen LogP) is 6.21. The van der Waals surface area contributed by atoms with E-state index in [1.165, 1.54) is 0 Å². The number of likely N-dealkylation sites (tertiary alicyclic amines) is 1. The molecular weight excluding hydrogens is 502 g/mol. The molecule has 39 heavy (non-hydrogen) atoms. The number of benzene rings is 2. The molecule has 3 amide bonds. The van der Waals surface area contributed by atoms with Gasteiger partial charge < -0.3 is 29.2 Å². The second-order valence-corrected chi connectivity index (χ2v) is 9.28. The molecule has 2 aromatic rings. The van der Waals surface area contributed by atoms with Crippen LogP contribution < -0.4 is 20.1 Å². The Morgan fingerprint density at radius 3 is 2.21 bits per heavy atom. The number of carbonyl (C=O) groups is 3. The van der Waals surface area contributed by atoms with Gasteiger partial charge in [0.25, 0.3) is 0 Å². The zero-order valence-electron chi connectivity index (χ0n) is 22.7. The fourth-order valence-corrected chi connectivity index (χ4v) is 3.97. The van der Waals surface area contributed by atoms with Crippen LogP contribution in [0.25, 0.3) is 0 Å². The van der Waals surface area contributed by atoms with Gasteiger partial charge in [-0.25, -0.2) is 14.4 Å². The lowest BCUT2D eigenvalue weighted by atomic mass is 10.1. The molecule has 10 heteroatoms. The van der Waals surface area contributed by atoms with Gasteiger partial charge in [-0.15, -0.1) is 0 Å². The summed E-state index contributed by atoms with van der Waals surface area (Å²) in [7, 11) is 0. The van der Waals surface area contributed by atoms with Crippen molar-refractivity contribution in [2.45, 2.75) is 71.1 Å². The molecule has 0 aromatic heterocycles. The van der Waals surface area contributed by atoms with Crippen molar-refractivity contribution in [1.82, 2.24) is 15.5 Å². The fourth-order valence-electron chi connectivity index (χ4n) is 3.97. The Kier molecular flexibility index (Phi) is 12.2. The summed E-state index contributed by atoms with van der Waals surface area (Å²) in [5.41, 5.74) is 0. The van der Waals surface area contributed by atoms with Crippen LogP contribution in [0.1, 0.15) is 58.8 Å². The summed E-state index contributed by atoms with van der Waals surface area (Å²) >= 11 is 0. The fraction of sp³-hybridized carbons (Fsp3) is 0.483. The third kappa shape index (κ3) is 10.7. The van der Waals surface area contributed by atoms with Crippen LogP contribution in [-0.2, 0) is 9.47 Å². The molecule has 2 aromatic carbocycles. The first kappa shape index (κ1) is 29.6. The van der Waals surface area contributed by atoms with Gasteiger partial charge >= 0.3 is 18.3 Å². The van der Waals surface area contributed by atoms with Crippen molar-refractivity contribution in [3.05, 3.63) is 54.6 Å². The summed E-state index contributed by atoms with van der Waals surface area (Å²) in [6, 6.07) is 16.2. The molecular formula is C29H39N3O7. The molecule has 2 N–H and O–H groups in total. The SMILES string of the molecule is CCCCCCNC(=O)OC(CC)NC(=O)OC1CCN(C(=O)Oc2ccc(Oc3ccccc3)cc2)CC1. The van der Waals surface area contributed by atoms with Gasteiger partial charge in [-0.2, -0.15) is 0 Å². The van der Waals surface area contributed by atoms with Crippen LogP contribution in [0, 0.1) is 0 Å². The Morgan fingerprint density at radius 2 is 1.54 bits per heavy atom. The quantitative estimate of drug-likeness (QED) is 0.242. The molecule has 0 spiro atoms. The van der Waals surface area contributed by atoms with Crippen molar-refractivity contribution in [1.29, 1.82) is 0 Å². The lowest BCUT2D eigenvalue weighted by molar-refractivity contribution is 0.0328. The standard InChI is InChI=1S/C29H39N3O7/c1-3-5-6-10-19-30-27(33)39-26(4-2)31-28(34)37-25-17-20-32(21-18-25)29(35)38-24-15-13-23(14-16-24)36-22-11-8-7-9-12-22/h7-9,11-16,25-26H,3-6,10,17-21H2,1-2H3,(H,30,33)(H,31,34). The average Bonchev–Trinajstić information content (AvgIpc) is 2.94. The van der Waals surface area contributed by atoms with Crippen LogP contribution in [0.5, 0.6) is 17.2 Å². The van der Waals surface area contributed by atoms with E-state index < -0.39 is 24.5 Å². The number of nitrogens with zero attached hydrogens (tertiary/aromatic N) is 1. The van der Waals surface area contributed by atoms with E-state index in [2.05, 4.69) is 17.6 Å². The highest BCUT2D eigenvalue weighted by molar-refractivity contribution is 5.71. The van der Waals surface area contributed by atoms with E-state index in [0.29, 0.717) is 50.4 Å². The van der Waals surface area contributed by atoms with Crippen molar-refractivity contribution in [2.75, 3.05) is 19.6 Å². The molecule has 1 unspecified atom stereocenters. The Balaban J connectivity index is 1.34. The van der Waals surface area contributed by atoms with Crippen molar-refractivity contribution in [2.24, 2.45) is 0 Å². The Hall–Kier alpha value is -3.95. The van der Waals surface area contributed by atoms with E-state index in [1.807, 2.05) is 30.3 Å². The van der Waals surface area contributed by atoms with E-state index in [-0.39, 0.29) is 6.10 Å². The highest BCUT2D eigenvalue weighted by Crippen LogP contribution is 2.24. The minimum Gasteiger partial charge on any atom is -0.457 e. The van der Waals surface area contributed by atoms with Gasteiger partial charge in [0.1, 0.15) is 23.4 Å². The Morgan fingerprint density at radius 1 is 0.872 bits per heavy atom. The van der Waals surface area contributed by atoms with Gasteiger partial charge in [-0.3, -0.25) is 5.32 Å². The van der Waals surface area contributed by atoms with Crippen LogP contribution in [0.4, 0.5) is 14.4 Å². The smallest absolute Gasteiger partial charge is 0.415 e. The topological polar surface area (TPSA) is 115 Å². The summed E-state index contributed by atoms with van der Waals surface area (Å²) < 4.78 is 22.0. The minimum absolute atomic E-state index is 0.353. The number of rotatable bonds is 12. The maximum Gasteiger partial charge on any atom is 0.415 e. The van der Waals surface area contributed by atoms with E-state index in [4.69, 9.17) is 18.9 Å². The Labute approximate surface area is 229 Å². The van der Waals surface area contributed by atoms with E-state index in [1.54, 1.807) is 36.1 Å². The third-order valence-electron chi connectivity index (χ3n) is 6.18. The second kappa shape index (κ2) is 16.1. The molecule has 10 nitrogen and oxygen atoms in total. The molecule has 1 heterocycles. The maximum atomic E-state index is 12.6. The molecule has 212 valence electrons. The van der Waals surface area contributed by atoms with Gasteiger partial charge in [-0.1, -0.05) is 51.3 Å². The molecule has 1 aliphatic rings.